The van der Waals surface area contributed by atoms with Gasteiger partial charge in [0, 0.05) is 18.6 Å². The van der Waals surface area contributed by atoms with Gasteiger partial charge in [-0.2, -0.15) is 0 Å². The monoisotopic (exact) mass is 252 g/mol. The molecule has 0 bridgehead atoms. The van der Waals surface area contributed by atoms with Crippen LogP contribution in [0.2, 0.25) is 0 Å². The van der Waals surface area contributed by atoms with Crippen molar-refractivity contribution in [1.29, 1.82) is 0 Å². The Morgan fingerprint density at radius 1 is 1.11 bits per heavy atom. The van der Waals surface area contributed by atoms with Gasteiger partial charge in [-0.1, -0.05) is 26.7 Å². The van der Waals surface area contributed by atoms with E-state index in [2.05, 4.69) is 24.1 Å². The number of nitrogens with one attached hydrogen (secondary N) is 1. The van der Waals surface area contributed by atoms with E-state index in [0.29, 0.717) is 0 Å². The van der Waals surface area contributed by atoms with Crippen LogP contribution in [0.15, 0.2) is 0 Å². The van der Waals surface area contributed by atoms with E-state index in [0.717, 1.165) is 18.0 Å². The van der Waals surface area contributed by atoms with Crippen LogP contribution in [0.4, 0.5) is 0 Å². The van der Waals surface area contributed by atoms with Crippen molar-refractivity contribution in [2.45, 2.75) is 77.3 Å². The fourth-order valence-electron chi connectivity index (χ4n) is 3.79. The van der Waals surface area contributed by atoms with Crippen LogP contribution in [0.25, 0.3) is 0 Å². The van der Waals surface area contributed by atoms with Crippen molar-refractivity contribution in [2.75, 3.05) is 19.6 Å². The summed E-state index contributed by atoms with van der Waals surface area (Å²) in [7, 11) is 0. The van der Waals surface area contributed by atoms with Crippen molar-refractivity contribution >= 4 is 0 Å². The molecule has 0 spiro atoms. The summed E-state index contributed by atoms with van der Waals surface area (Å²) in [5.74, 6) is 0.975. The molecule has 0 radical (unpaired) electrons. The molecule has 1 N–H and O–H groups in total. The first-order valence-corrected chi connectivity index (χ1v) is 8.30. The van der Waals surface area contributed by atoms with Gasteiger partial charge in [-0.3, -0.25) is 0 Å². The van der Waals surface area contributed by atoms with Crippen molar-refractivity contribution in [3.8, 4) is 0 Å². The highest BCUT2D eigenvalue weighted by Crippen LogP contribution is 2.28. The van der Waals surface area contributed by atoms with Crippen LogP contribution in [-0.4, -0.2) is 36.6 Å². The number of nitrogens with zero attached hydrogens (tertiary/aromatic N) is 1. The number of likely N-dealkylation sites (tertiary alicyclic amines) is 1. The van der Waals surface area contributed by atoms with Crippen molar-refractivity contribution in [2.24, 2.45) is 5.92 Å². The maximum atomic E-state index is 3.74. The molecule has 106 valence electrons. The fraction of sp³-hybridized carbons (Fsp3) is 1.00. The summed E-state index contributed by atoms with van der Waals surface area (Å²) in [6, 6.07) is 1.67. The normalized spacial score (nSPS) is 34.7. The van der Waals surface area contributed by atoms with Gasteiger partial charge in [-0.25, -0.2) is 0 Å². The van der Waals surface area contributed by atoms with Crippen LogP contribution >= 0.6 is 0 Å². The summed E-state index contributed by atoms with van der Waals surface area (Å²) in [5, 5.41) is 3.74. The van der Waals surface area contributed by atoms with Gasteiger partial charge in [-0.05, 0) is 57.5 Å². The molecule has 1 aliphatic carbocycles. The van der Waals surface area contributed by atoms with Crippen LogP contribution in [-0.2, 0) is 0 Å². The van der Waals surface area contributed by atoms with E-state index in [4.69, 9.17) is 0 Å². The second kappa shape index (κ2) is 7.49. The lowest BCUT2D eigenvalue weighted by atomic mass is 9.87. The van der Waals surface area contributed by atoms with E-state index in [1.165, 1.54) is 71.0 Å². The molecule has 1 saturated heterocycles. The Morgan fingerprint density at radius 3 is 2.78 bits per heavy atom. The maximum absolute atomic E-state index is 3.74. The number of piperidine rings is 1. The third-order valence-corrected chi connectivity index (χ3v) is 4.97. The van der Waals surface area contributed by atoms with Gasteiger partial charge in [0.05, 0.1) is 0 Å². The van der Waals surface area contributed by atoms with Crippen LogP contribution in [0, 0.1) is 5.92 Å². The lowest BCUT2D eigenvalue weighted by Gasteiger charge is -2.42. The molecular weight excluding hydrogens is 220 g/mol. The second-order valence-corrected chi connectivity index (χ2v) is 6.38. The van der Waals surface area contributed by atoms with Crippen molar-refractivity contribution < 1.29 is 0 Å². The Labute approximate surface area is 114 Å². The van der Waals surface area contributed by atoms with Gasteiger partial charge in [0.15, 0.2) is 0 Å². The fourth-order valence-corrected chi connectivity index (χ4v) is 3.79. The lowest BCUT2D eigenvalue weighted by molar-refractivity contribution is 0.0875. The molecule has 2 rings (SSSR count). The van der Waals surface area contributed by atoms with E-state index in [-0.39, 0.29) is 0 Å². The topological polar surface area (TPSA) is 15.3 Å². The molecule has 18 heavy (non-hydrogen) atoms. The highest BCUT2D eigenvalue weighted by Gasteiger charge is 2.29. The van der Waals surface area contributed by atoms with Crippen molar-refractivity contribution in [1.82, 2.24) is 10.2 Å². The van der Waals surface area contributed by atoms with Gasteiger partial charge in [0.25, 0.3) is 0 Å². The van der Waals surface area contributed by atoms with E-state index in [9.17, 15) is 0 Å². The summed E-state index contributed by atoms with van der Waals surface area (Å²) in [5.41, 5.74) is 0. The number of hydrogen-bond acceptors (Lipinski definition) is 2. The van der Waals surface area contributed by atoms with Gasteiger partial charge in [0.2, 0.25) is 0 Å². The highest BCUT2D eigenvalue weighted by molar-refractivity contribution is 4.86. The molecule has 2 nitrogen and oxygen atoms in total. The van der Waals surface area contributed by atoms with E-state index in [1.54, 1.807) is 0 Å². The first-order valence-electron chi connectivity index (χ1n) is 8.30. The first kappa shape index (κ1) is 14.3. The third-order valence-electron chi connectivity index (χ3n) is 4.97. The van der Waals surface area contributed by atoms with Crippen LogP contribution in [0.1, 0.15) is 65.2 Å². The Balaban J connectivity index is 1.80. The van der Waals surface area contributed by atoms with E-state index >= 15 is 0 Å². The predicted molar refractivity (Wildman–Crippen MR) is 78.9 cm³/mol. The quantitative estimate of drug-likeness (QED) is 0.806. The van der Waals surface area contributed by atoms with E-state index in [1.807, 2.05) is 0 Å². The summed E-state index contributed by atoms with van der Waals surface area (Å²) in [6.45, 7) is 8.57. The minimum absolute atomic E-state index is 0.797. The van der Waals surface area contributed by atoms with Gasteiger partial charge in [0.1, 0.15) is 0 Å². The molecule has 1 saturated carbocycles. The Bertz CT molecular complexity index is 229. The minimum Gasteiger partial charge on any atom is -0.314 e. The highest BCUT2D eigenvalue weighted by atomic mass is 15.2. The predicted octanol–water partition coefficient (Wildman–Crippen LogP) is 3.42. The molecule has 3 unspecified atom stereocenters. The molecule has 0 aromatic heterocycles. The van der Waals surface area contributed by atoms with Gasteiger partial charge in [-0.15, -0.1) is 0 Å². The van der Waals surface area contributed by atoms with Crippen LogP contribution < -0.4 is 5.32 Å². The summed E-state index contributed by atoms with van der Waals surface area (Å²) in [6.07, 6.45) is 11.2. The van der Waals surface area contributed by atoms with Crippen molar-refractivity contribution in [3.63, 3.8) is 0 Å². The molecule has 0 amide bonds. The second-order valence-electron chi connectivity index (χ2n) is 6.38. The zero-order valence-corrected chi connectivity index (χ0v) is 12.5. The molecule has 2 aliphatic rings. The maximum Gasteiger partial charge on any atom is 0.0110 e. The van der Waals surface area contributed by atoms with Gasteiger partial charge < -0.3 is 10.2 Å². The zero-order chi connectivity index (χ0) is 12.8. The third kappa shape index (κ3) is 3.96. The van der Waals surface area contributed by atoms with Crippen LogP contribution in [0.3, 0.4) is 0 Å². The Kier molecular flexibility index (Phi) is 5.97. The summed E-state index contributed by atoms with van der Waals surface area (Å²) < 4.78 is 0. The average Bonchev–Trinajstić information content (AvgIpc) is 2.45. The molecule has 0 aromatic carbocycles. The standard InChI is InChI=1S/C16H32N2/c1-3-10-17-15-8-5-9-16(12-15)18-11-6-7-14(4-2)13-18/h14-17H,3-13H2,1-2H3. The van der Waals surface area contributed by atoms with Crippen LogP contribution in [0.5, 0.6) is 0 Å². The average molecular weight is 252 g/mol. The van der Waals surface area contributed by atoms with Crippen molar-refractivity contribution in [3.05, 3.63) is 0 Å². The lowest BCUT2D eigenvalue weighted by Crippen LogP contribution is -2.48. The molecule has 2 fully saturated rings. The molecule has 1 heterocycles. The SMILES string of the molecule is CCCNC1CCCC(N2CCCC(CC)C2)C1. The smallest absolute Gasteiger partial charge is 0.0110 e. The number of hydrogen-bond donors (Lipinski definition) is 1. The largest absolute Gasteiger partial charge is 0.314 e. The molecular formula is C16H32N2. The summed E-state index contributed by atoms with van der Waals surface area (Å²) in [4.78, 5) is 2.82. The molecule has 1 aliphatic heterocycles. The Morgan fingerprint density at radius 2 is 2.00 bits per heavy atom. The Hall–Kier alpha value is -0.0800. The number of rotatable bonds is 5. The zero-order valence-electron chi connectivity index (χ0n) is 12.5. The minimum atomic E-state index is 0.797. The van der Waals surface area contributed by atoms with E-state index < -0.39 is 0 Å². The first-order chi connectivity index (χ1) is 8.83. The molecule has 2 heteroatoms. The van der Waals surface area contributed by atoms with Gasteiger partial charge >= 0.3 is 0 Å². The molecule has 3 atom stereocenters. The summed E-state index contributed by atoms with van der Waals surface area (Å²) >= 11 is 0. The molecule has 0 aromatic rings.